The van der Waals surface area contributed by atoms with Crippen LogP contribution in [0.2, 0.25) is 0 Å². The minimum Gasteiger partial charge on any atom is -0.404 e. The molecule has 5 nitrogen and oxygen atoms in total. The molecule has 1 spiro atoms. The first kappa shape index (κ1) is 29.4. The van der Waals surface area contributed by atoms with Gasteiger partial charge in [0.15, 0.2) is 11.3 Å². The molecule has 3 unspecified atom stereocenters. The number of rotatable bonds is 4. The number of para-hydroxylation sites is 2. The summed E-state index contributed by atoms with van der Waals surface area (Å²) in [6.07, 6.45) is 0. The first-order chi connectivity index (χ1) is 27.6. The van der Waals surface area contributed by atoms with E-state index in [9.17, 15) is 0 Å². The predicted octanol–water partition coefficient (Wildman–Crippen LogP) is 10.8. The van der Waals surface area contributed by atoms with E-state index in [4.69, 9.17) is 4.74 Å². The molecule has 0 fully saturated rings. The molecule has 3 atom stereocenters. The molecule has 0 bridgehead atoms. The molecule has 0 radical (unpaired) electrons. The van der Waals surface area contributed by atoms with Crippen LogP contribution in [0.1, 0.15) is 59.1 Å². The van der Waals surface area contributed by atoms with Gasteiger partial charge in [-0.2, -0.15) is 4.57 Å². The molecular weight excluding hydrogens is 685 g/mol. The third kappa shape index (κ3) is 3.18. The van der Waals surface area contributed by atoms with Crippen LogP contribution in [0.3, 0.4) is 0 Å². The van der Waals surface area contributed by atoms with Gasteiger partial charge >= 0.3 is 11.5 Å². The summed E-state index contributed by atoms with van der Waals surface area (Å²) < 4.78 is 17.6. The molecule has 262 valence electrons. The van der Waals surface area contributed by atoms with E-state index in [1.807, 2.05) is 0 Å². The molecule has 0 saturated heterocycles. The molecular formula is C51H34N4O+2. The van der Waals surface area contributed by atoms with E-state index in [-0.39, 0.29) is 11.8 Å². The first-order valence-electron chi connectivity index (χ1n) is 19.8. The zero-order valence-electron chi connectivity index (χ0n) is 30.9. The van der Waals surface area contributed by atoms with E-state index in [1.54, 1.807) is 0 Å². The monoisotopic (exact) mass is 718 g/mol. The minimum atomic E-state index is -0.727. The number of ether oxygens (including phenoxy) is 1. The summed E-state index contributed by atoms with van der Waals surface area (Å²) in [7, 11) is 0. The predicted molar refractivity (Wildman–Crippen MR) is 221 cm³/mol. The number of hydrogen-bond donors (Lipinski definition) is 0. The Morgan fingerprint density at radius 1 is 0.482 bits per heavy atom. The molecule has 4 aliphatic heterocycles. The first-order valence-corrected chi connectivity index (χ1v) is 19.8. The van der Waals surface area contributed by atoms with Crippen LogP contribution in [0.4, 0.5) is 0 Å². The fourth-order valence-corrected chi connectivity index (χ4v) is 11.2. The number of aromatic nitrogens is 4. The largest absolute Gasteiger partial charge is 0.404 e. The molecule has 14 rings (SSSR count). The van der Waals surface area contributed by atoms with Crippen LogP contribution in [0.15, 0.2) is 158 Å². The van der Waals surface area contributed by atoms with Crippen LogP contribution < -0.4 is 13.9 Å². The molecule has 5 heteroatoms. The highest BCUT2D eigenvalue weighted by Gasteiger charge is 2.71. The second-order valence-corrected chi connectivity index (χ2v) is 16.2. The second-order valence-electron chi connectivity index (χ2n) is 16.2. The van der Waals surface area contributed by atoms with E-state index in [0.717, 1.165) is 11.6 Å². The van der Waals surface area contributed by atoms with Gasteiger partial charge < -0.3 is 9.30 Å². The number of nitrogens with zero attached hydrogens (tertiary/aromatic N) is 4. The Bertz CT molecular complexity index is 3430. The standard InChI is InChI=1S/C51H34N4O/c1-29(31-14-5-3-6-15-31)33-24-42-43-25-34(30(2)32-16-7-4-8-17-32)27-46-55(43)51-47-41(22-13-23-44(47)56-46)52-39-20-11-9-18-35(39)37-28-38-36-19-10-12-21-40(36)53(45(26-33)54(42)51)50(38)48(51)49(37)52/h3-30H,1-2H3/q+2. The van der Waals surface area contributed by atoms with Crippen LogP contribution >= 0.6 is 0 Å². The summed E-state index contributed by atoms with van der Waals surface area (Å²) in [5, 5.41) is 5.11. The van der Waals surface area contributed by atoms with Crippen molar-refractivity contribution >= 4 is 43.6 Å². The maximum Gasteiger partial charge on any atom is 0.378 e. The average molecular weight is 719 g/mol. The number of hydrogen-bond acceptors (Lipinski definition) is 1. The van der Waals surface area contributed by atoms with Crippen LogP contribution in [-0.4, -0.2) is 9.13 Å². The van der Waals surface area contributed by atoms with Gasteiger partial charge in [0.25, 0.3) is 11.5 Å². The van der Waals surface area contributed by atoms with Gasteiger partial charge in [0, 0.05) is 45.5 Å². The van der Waals surface area contributed by atoms with E-state index in [1.165, 1.54) is 99.9 Å². The van der Waals surface area contributed by atoms with E-state index < -0.39 is 5.66 Å². The van der Waals surface area contributed by atoms with Crippen molar-refractivity contribution in [2.24, 2.45) is 0 Å². The van der Waals surface area contributed by atoms with Gasteiger partial charge in [-0.05, 0) is 64.7 Å². The molecule has 0 saturated carbocycles. The summed E-state index contributed by atoms with van der Waals surface area (Å²) in [6.45, 7) is 4.67. The SMILES string of the molecule is CC(c1ccccc1)c1cc2[n+]3c(c1)-c1cc(C(C)c4ccccc4)cc4[n+]1C31c3c(cccc3-n3c5ccccc5c5cc6c7ccccc7n-4c6c1c53)O2. The second kappa shape index (κ2) is 9.81. The smallest absolute Gasteiger partial charge is 0.378 e. The summed E-state index contributed by atoms with van der Waals surface area (Å²) in [6, 6.07) is 58.7. The number of fused-ring (bicyclic) bond motifs is 9. The summed E-state index contributed by atoms with van der Waals surface area (Å²) >= 11 is 0. The zero-order valence-corrected chi connectivity index (χ0v) is 30.9. The maximum absolute atomic E-state index is 7.23. The zero-order chi connectivity index (χ0) is 36.6. The van der Waals surface area contributed by atoms with Crippen LogP contribution in [0.5, 0.6) is 11.6 Å². The number of pyridine rings is 2. The summed E-state index contributed by atoms with van der Waals surface area (Å²) in [5.74, 6) is 3.30. The topological polar surface area (TPSA) is 26.8 Å². The third-order valence-electron chi connectivity index (χ3n) is 13.6. The fraction of sp³-hybridized carbons (Fsp3) is 0.0980. The van der Waals surface area contributed by atoms with Crippen LogP contribution in [-0.2, 0) is 5.66 Å². The van der Waals surface area contributed by atoms with Crippen molar-refractivity contribution in [2.45, 2.75) is 31.3 Å². The molecule has 0 amide bonds. The summed E-state index contributed by atoms with van der Waals surface area (Å²) in [4.78, 5) is 0. The van der Waals surface area contributed by atoms with Gasteiger partial charge in [0.1, 0.15) is 16.6 Å². The van der Waals surface area contributed by atoms with Crippen molar-refractivity contribution in [2.75, 3.05) is 0 Å². The Morgan fingerprint density at radius 2 is 1.05 bits per heavy atom. The van der Waals surface area contributed by atoms with Crippen LogP contribution in [0, 0.1) is 0 Å². The molecule has 0 N–H and O–H groups in total. The Hall–Kier alpha value is -6.98. The van der Waals surface area contributed by atoms with Crippen molar-refractivity contribution in [1.29, 1.82) is 0 Å². The highest BCUT2D eigenvalue weighted by atomic mass is 16.5. The average Bonchev–Trinajstić information content (AvgIpc) is 3.88. The van der Waals surface area contributed by atoms with Crippen molar-refractivity contribution in [3.05, 3.63) is 191 Å². The Morgan fingerprint density at radius 3 is 1.73 bits per heavy atom. The van der Waals surface area contributed by atoms with E-state index >= 15 is 0 Å². The lowest BCUT2D eigenvalue weighted by Crippen LogP contribution is -2.75. The van der Waals surface area contributed by atoms with E-state index in [2.05, 4.69) is 190 Å². The lowest BCUT2D eigenvalue weighted by atomic mass is 9.81. The molecule has 8 heterocycles. The fourth-order valence-electron chi connectivity index (χ4n) is 11.2. The lowest BCUT2D eigenvalue weighted by Gasteiger charge is -2.37. The molecule has 6 aromatic carbocycles. The quantitative estimate of drug-likeness (QED) is 0.166. The van der Waals surface area contributed by atoms with Gasteiger partial charge in [-0.3, -0.25) is 0 Å². The van der Waals surface area contributed by atoms with Gasteiger partial charge in [0.2, 0.25) is 5.69 Å². The maximum atomic E-state index is 7.23. The highest BCUT2D eigenvalue weighted by Crippen LogP contribution is 2.58. The minimum absolute atomic E-state index is 0.164. The highest BCUT2D eigenvalue weighted by molar-refractivity contribution is 6.22. The molecule has 10 aromatic rings. The van der Waals surface area contributed by atoms with Gasteiger partial charge in [0.05, 0.1) is 22.8 Å². The lowest BCUT2D eigenvalue weighted by molar-refractivity contribution is -0.938. The molecule has 56 heavy (non-hydrogen) atoms. The van der Waals surface area contributed by atoms with Crippen molar-refractivity contribution in [1.82, 2.24) is 9.13 Å². The van der Waals surface area contributed by atoms with Crippen molar-refractivity contribution < 1.29 is 13.9 Å². The number of benzene rings is 6. The Balaban J connectivity index is 1.24. The van der Waals surface area contributed by atoms with E-state index in [0.29, 0.717) is 0 Å². The Labute approximate surface area is 322 Å². The summed E-state index contributed by atoms with van der Waals surface area (Å²) in [5.41, 5.74) is 15.4. The van der Waals surface area contributed by atoms with Gasteiger partial charge in [-0.1, -0.05) is 111 Å². The third-order valence-corrected chi connectivity index (χ3v) is 13.6. The van der Waals surface area contributed by atoms with Gasteiger partial charge in [-0.25, -0.2) is 0 Å². The molecule has 0 aliphatic carbocycles. The normalized spacial score (nSPS) is 17.2. The van der Waals surface area contributed by atoms with Gasteiger partial charge in [-0.15, -0.1) is 9.13 Å². The van der Waals surface area contributed by atoms with Crippen molar-refractivity contribution in [3.8, 4) is 34.5 Å². The molecule has 4 aliphatic rings. The van der Waals surface area contributed by atoms with Crippen LogP contribution in [0.25, 0.3) is 66.5 Å². The van der Waals surface area contributed by atoms with Crippen molar-refractivity contribution in [3.63, 3.8) is 0 Å². The Kier molecular flexibility index (Phi) is 5.15. The molecule has 4 aromatic heterocycles.